The van der Waals surface area contributed by atoms with E-state index >= 15 is 0 Å². The topological polar surface area (TPSA) is 55.0 Å². The number of carbonyl (C=O) groups is 1. The Bertz CT molecular complexity index is 265. The number of ether oxygens (including phenoxy) is 1. The summed E-state index contributed by atoms with van der Waals surface area (Å²) in [7, 11) is 0. The minimum Gasteiger partial charge on any atom is -0.463 e. The van der Waals surface area contributed by atoms with Crippen molar-refractivity contribution < 1.29 is 13.9 Å². The molecule has 0 aliphatic heterocycles. The largest absolute Gasteiger partial charge is 0.463 e. The van der Waals surface area contributed by atoms with Gasteiger partial charge in [0.25, 0.3) is 0 Å². The number of hydrogen-bond donors (Lipinski definition) is 1. The average Bonchev–Trinajstić information content (AvgIpc) is 2.57. The van der Waals surface area contributed by atoms with E-state index < -0.39 is 11.5 Å². The van der Waals surface area contributed by atoms with Gasteiger partial charge in [0.05, 0.1) is 6.61 Å². The first kappa shape index (κ1) is 10.0. The molecule has 1 aromatic heterocycles. The molecule has 0 fully saturated rings. The van der Waals surface area contributed by atoms with Gasteiger partial charge in [-0.25, -0.2) is 14.2 Å². The van der Waals surface area contributed by atoms with Crippen molar-refractivity contribution in [3.05, 3.63) is 12.4 Å². The fourth-order valence-corrected chi connectivity index (χ4v) is 1.29. The van der Waals surface area contributed by atoms with E-state index in [0.29, 0.717) is 16.9 Å². The molecule has 0 saturated heterocycles. The Balaban J connectivity index is 2.41. The number of H-pyrrole nitrogens is 1. The number of carbonyl (C=O) groups excluding carboxylic acids is 1. The monoisotopic (exact) mass is 204 g/mol. The Morgan fingerprint density at radius 3 is 3.23 bits per heavy atom. The molecule has 13 heavy (non-hydrogen) atoms. The summed E-state index contributed by atoms with van der Waals surface area (Å²) in [6.07, 6.45) is 3.04. The summed E-state index contributed by atoms with van der Waals surface area (Å²) >= 11 is 0.690. The van der Waals surface area contributed by atoms with Crippen LogP contribution in [-0.2, 0) is 9.53 Å². The van der Waals surface area contributed by atoms with Crippen LogP contribution in [0.4, 0.5) is 4.39 Å². The summed E-state index contributed by atoms with van der Waals surface area (Å²) in [6.45, 7) is 1.81. The molecule has 1 N–H and O–H groups in total. The molecule has 4 nitrogen and oxygen atoms in total. The second-order valence-electron chi connectivity index (χ2n) is 2.08. The third-order valence-corrected chi connectivity index (χ3v) is 2.01. The number of halogens is 1. The molecule has 0 aliphatic carbocycles. The molecule has 1 aromatic rings. The molecule has 0 aromatic carbocycles. The number of imidazole rings is 1. The van der Waals surface area contributed by atoms with E-state index in [2.05, 4.69) is 14.7 Å². The van der Waals surface area contributed by atoms with Crippen molar-refractivity contribution in [1.82, 2.24) is 9.97 Å². The van der Waals surface area contributed by atoms with Gasteiger partial charge in [-0.15, -0.1) is 0 Å². The molecule has 1 heterocycles. The van der Waals surface area contributed by atoms with Crippen LogP contribution in [-0.4, -0.2) is 28.0 Å². The lowest BCUT2D eigenvalue weighted by Crippen LogP contribution is -2.15. The van der Waals surface area contributed by atoms with Crippen LogP contribution >= 0.6 is 11.8 Å². The predicted molar refractivity (Wildman–Crippen MR) is 46.0 cm³/mol. The molecule has 72 valence electrons. The SMILES string of the molecule is CCOC(=O)C(F)Sc1ncc[nH]1. The summed E-state index contributed by atoms with van der Waals surface area (Å²) in [4.78, 5) is 17.2. The lowest BCUT2D eigenvalue weighted by atomic mass is 10.7. The number of aromatic amines is 1. The van der Waals surface area contributed by atoms with Crippen molar-refractivity contribution in [2.24, 2.45) is 0 Å². The van der Waals surface area contributed by atoms with Gasteiger partial charge in [0, 0.05) is 12.4 Å². The van der Waals surface area contributed by atoms with Crippen molar-refractivity contribution in [2.75, 3.05) is 6.61 Å². The fourth-order valence-electron chi connectivity index (χ4n) is 0.669. The predicted octanol–water partition coefficient (Wildman–Crippen LogP) is 1.36. The molecular formula is C7H9FN2O2S. The van der Waals surface area contributed by atoms with Crippen molar-refractivity contribution in [2.45, 2.75) is 17.6 Å². The maximum Gasteiger partial charge on any atom is 0.351 e. The van der Waals surface area contributed by atoms with Gasteiger partial charge < -0.3 is 9.72 Å². The van der Waals surface area contributed by atoms with Crippen molar-refractivity contribution >= 4 is 17.7 Å². The molecule has 1 unspecified atom stereocenters. The Hall–Kier alpha value is -1.04. The van der Waals surface area contributed by atoms with Crippen LogP contribution in [0, 0.1) is 0 Å². The quantitative estimate of drug-likeness (QED) is 0.594. The van der Waals surface area contributed by atoms with Gasteiger partial charge in [-0.2, -0.15) is 0 Å². The Morgan fingerprint density at radius 2 is 2.69 bits per heavy atom. The van der Waals surface area contributed by atoms with E-state index in [1.807, 2.05) is 0 Å². The average molecular weight is 204 g/mol. The number of nitrogens with zero attached hydrogens (tertiary/aromatic N) is 1. The molecule has 0 amide bonds. The van der Waals surface area contributed by atoms with Crippen LogP contribution in [0.5, 0.6) is 0 Å². The molecule has 6 heteroatoms. The van der Waals surface area contributed by atoms with E-state index in [-0.39, 0.29) is 6.61 Å². The van der Waals surface area contributed by atoms with E-state index in [1.165, 1.54) is 6.20 Å². The smallest absolute Gasteiger partial charge is 0.351 e. The van der Waals surface area contributed by atoms with Crippen molar-refractivity contribution in [1.29, 1.82) is 0 Å². The fraction of sp³-hybridized carbons (Fsp3) is 0.429. The van der Waals surface area contributed by atoms with E-state index in [4.69, 9.17) is 0 Å². The Morgan fingerprint density at radius 1 is 1.92 bits per heavy atom. The maximum atomic E-state index is 13.0. The Labute approximate surface area is 78.9 Å². The summed E-state index contributed by atoms with van der Waals surface area (Å²) in [5.41, 5.74) is -1.72. The molecule has 0 bridgehead atoms. The maximum absolute atomic E-state index is 13.0. The van der Waals surface area contributed by atoms with Gasteiger partial charge in [0.15, 0.2) is 5.16 Å². The zero-order chi connectivity index (χ0) is 9.68. The van der Waals surface area contributed by atoms with Crippen molar-refractivity contribution in [3.8, 4) is 0 Å². The summed E-state index contributed by atoms with van der Waals surface area (Å²) < 4.78 is 17.5. The number of esters is 1. The molecule has 0 spiro atoms. The first-order valence-electron chi connectivity index (χ1n) is 3.70. The van der Waals surface area contributed by atoms with Crippen molar-refractivity contribution in [3.63, 3.8) is 0 Å². The minimum atomic E-state index is -1.72. The Kier molecular flexibility index (Phi) is 3.75. The normalized spacial score (nSPS) is 12.5. The number of rotatable bonds is 4. The number of nitrogens with one attached hydrogen (secondary N) is 1. The highest BCUT2D eigenvalue weighted by molar-refractivity contribution is 8.00. The lowest BCUT2D eigenvalue weighted by molar-refractivity contribution is -0.145. The first-order valence-corrected chi connectivity index (χ1v) is 4.58. The number of thioether (sulfide) groups is 1. The van der Waals surface area contributed by atoms with Gasteiger partial charge in [0.1, 0.15) is 0 Å². The third-order valence-electron chi connectivity index (χ3n) is 1.16. The highest BCUT2D eigenvalue weighted by Gasteiger charge is 2.20. The van der Waals surface area contributed by atoms with E-state index in [9.17, 15) is 9.18 Å². The molecule has 1 atom stereocenters. The highest BCUT2D eigenvalue weighted by atomic mass is 32.2. The van der Waals surface area contributed by atoms with Gasteiger partial charge in [-0.1, -0.05) is 0 Å². The minimum absolute atomic E-state index is 0.179. The second-order valence-corrected chi connectivity index (χ2v) is 3.12. The van der Waals surface area contributed by atoms with Crippen LogP contribution in [0.25, 0.3) is 0 Å². The summed E-state index contributed by atoms with van der Waals surface area (Å²) in [5.74, 6) is -0.871. The lowest BCUT2D eigenvalue weighted by Gasteiger charge is -2.04. The van der Waals surface area contributed by atoms with Crippen LogP contribution in [0.15, 0.2) is 17.6 Å². The van der Waals surface area contributed by atoms with Gasteiger partial charge in [-0.05, 0) is 18.7 Å². The molecule has 0 saturated carbocycles. The number of hydrogen-bond acceptors (Lipinski definition) is 4. The zero-order valence-electron chi connectivity index (χ0n) is 6.99. The van der Waals surface area contributed by atoms with Crippen LogP contribution in [0.1, 0.15) is 6.92 Å². The van der Waals surface area contributed by atoms with Gasteiger partial charge in [-0.3, -0.25) is 0 Å². The third kappa shape index (κ3) is 3.06. The highest BCUT2D eigenvalue weighted by Crippen LogP contribution is 2.20. The van der Waals surface area contributed by atoms with E-state index in [0.717, 1.165) is 0 Å². The number of aromatic nitrogens is 2. The molecule has 0 aliphatic rings. The molecule has 1 rings (SSSR count). The summed E-state index contributed by atoms with van der Waals surface area (Å²) in [5, 5.41) is 0.362. The van der Waals surface area contributed by atoms with Gasteiger partial charge in [0.2, 0.25) is 5.50 Å². The number of alkyl halides is 1. The van der Waals surface area contributed by atoms with Crippen LogP contribution in [0.2, 0.25) is 0 Å². The zero-order valence-corrected chi connectivity index (χ0v) is 7.81. The second kappa shape index (κ2) is 4.86. The van der Waals surface area contributed by atoms with Crippen LogP contribution < -0.4 is 0 Å². The van der Waals surface area contributed by atoms with Crippen LogP contribution in [0.3, 0.4) is 0 Å². The molecule has 0 radical (unpaired) electrons. The summed E-state index contributed by atoms with van der Waals surface area (Å²) in [6, 6.07) is 0. The van der Waals surface area contributed by atoms with E-state index in [1.54, 1.807) is 13.1 Å². The molecular weight excluding hydrogens is 195 g/mol. The standard InChI is InChI=1S/C7H9FN2O2S/c1-2-12-6(11)5(8)13-7-9-3-4-10-7/h3-5H,2H2,1H3,(H,9,10). The van der Waals surface area contributed by atoms with Gasteiger partial charge >= 0.3 is 5.97 Å². The first-order chi connectivity index (χ1) is 6.24.